The number of ether oxygens (including phenoxy) is 2. The molecule has 2 heterocycles. The summed E-state index contributed by atoms with van der Waals surface area (Å²) >= 11 is 0. The highest BCUT2D eigenvalue weighted by atomic mass is 16.5. The fourth-order valence-corrected chi connectivity index (χ4v) is 6.40. The number of hydrogen-bond donors (Lipinski definition) is 3. The average Bonchev–Trinajstić information content (AvgIpc) is 2.99. The monoisotopic (exact) mass is 374 g/mol. The lowest BCUT2D eigenvalue weighted by Gasteiger charge is -2.59. The summed E-state index contributed by atoms with van der Waals surface area (Å²) in [7, 11) is 3.84. The van der Waals surface area contributed by atoms with Crippen LogP contribution < -0.4 is 14.8 Å². The first-order chi connectivity index (χ1) is 13.0. The molecular formula is C20H26N2O5. The third-order valence-electron chi connectivity index (χ3n) is 7.42. The zero-order valence-corrected chi connectivity index (χ0v) is 15.7. The molecule has 2 fully saturated rings. The fourth-order valence-electron chi connectivity index (χ4n) is 6.40. The van der Waals surface area contributed by atoms with E-state index < -0.39 is 5.97 Å². The lowest BCUT2D eigenvalue weighted by atomic mass is 9.51. The van der Waals surface area contributed by atoms with Crippen LogP contribution in [0.3, 0.4) is 0 Å². The molecule has 0 aromatic heterocycles. The normalized spacial score (nSPS) is 36.1. The number of carbonyl (C=O) groups is 1. The summed E-state index contributed by atoms with van der Waals surface area (Å²) in [6, 6.07) is 2.05. The molecule has 0 unspecified atom stereocenters. The Labute approximate surface area is 158 Å². The Morgan fingerprint density at radius 3 is 3.04 bits per heavy atom. The van der Waals surface area contributed by atoms with Crippen LogP contribution in [-0.2, 0) is 16.6 Å². The van der Waals surface area contributed by atoms with Crippen molar-refractivity contribution >= 4 is 5.97 Å². The third-order valence-corrected chi connectivity index (χ3v) is 7.42. The van der Waals surface area contributed by atoms with Crippen LogP contribution in [0.1, 0.15) is 30.4 Å². The van der Waals surface area contributed by atoms with E-state index >= 15 is 0 Å². The molecule has 1 saturated heterocycles. The second-order valence-corrected chi connectivity index (χ2v) is 8.43. The summed E-state index contributed by atoms with van der Waals surface area (Å²) < 4.78 is 12.0. The predicted molar refractivity (Wildman–Crippen MR) is 97.6 cm³/mol. The van der Waals surface area contributed by atoms with E-state index in [2.05, 4.69) is 17.3 Å². The summed E-state index contributed by atoms with van der Waals surface area (Å²) in [5, 5.41) is 23.0. The zero-order valence-electron chi connectivity index (χ0n) is 15.7. The average molecular weight is 374 g/mol. The fraction of sp³-hybridized carbons (Fsp3) is 0.650. The van der Waals surface area contributed by atoms with Crippen LogP contribution in [0.25, 0.3) is 0 Å². The molecule has 7 heteroatoms. The van der Waals surface area contributed by atoms with Crippen molar-refractivity contribution in [2.24, 2.45) is 5.92 Å². The standard InChI is InChI=1S/C20H26N2O5/c1-22-6-5-20-11-3-4-12(21-9-16(24)25)19(20)27-18-14(23)8-15(26-2)10(17(18)20)7-13(11)22/h8,11-13,19,21,23H,3-7,9H2,1-2H3,(H,24,25)/t11-,12+,13+,19-,20-/m0/s1. The smallest absolute Gasteiger partial charge is 0.317 e. The molecule has 3 N–H and O–H groups in total. The van der Waals surface area contributed by atoms with E-state index in [1.807, 2.05) is 0 Å². The number of piperidine rings is 1. The van der Waals surface area contributed by atoms with Crippen molar-refractivity contribution in [3.63, 3.8) is 0 Å². The second kappa shape index (κ2) is 5.75. The molecule has 7 nitrogen and oxygen atoms in total. The Kier molecular flexibility index (Phi) is 3.65. The van der Waals surface area contributed by atoms with E-state index in [-0.39, 0.29) is 29.9 Å². The van der Waals surface area contributed by atoms with Gasteiger partial charge in [-0.3, -0.25) is 4.79 Å². The van der Waals surface area contributed by atoms with E-state index in [0.717, 1.165) is 49.1 Å². The van der Waals surface area contributed by atoms with E-state index in [9.17, 15) is 9.90 Å². The van der Waals surface area contributed by atoms with Gasteiger partial charge in [-0.05, 0) is 45.2 Å². The predicted octanol–water partition coefficient (Wildman–Crippen LogP) is 1.11. The molecule has 27 heavy (non-hydrogen) atoms. The number of hydrogen-bond acceptors (Lipinski definition) is 6. The molecule has 1 aromatic rings. The number of aliphatic carboxylic acids is 1. The number of benzene rings is 1. The maximum atomic E-state index is 11.1. The van der Waals surface area contributed by atoms with Gasteiger partial charge in [-0.1, -0.05) is 0 Å². The number of nitrogens with one attached hydrogen (secondary N) is 1. The first-order valence-corrected chi connectivity index (χ1v) is 9.72. The van der Waals surface area contributed by atoms with Crippen molar-refractivity contribution in [2.75, 3.05) is 27.2 Å². The largest absolute Gasteiger partial charge is 0.504 e. The number of phenols is 1. The van der Waals surface area contributed by atoms with Gasteiger partial charge in [0.2, 0.25) is 0 Å². The highest BCUT2D eigenvalue weighted by molar-refractivity contribution is 5.69. The number of phenolic OH excluding ortho intramolecular Hbond substituents is 1. The molecule has 2 aliphatic carbocycles. The number of nitrogens with zero attached hydrogens (tertiary/aromatic N) is 1. The Balaban J connectivity index is 1.67. The van der Waals surface area contributed by atoms with Gasteiger partial charge in [-0.25, -0.2) is 0 Å². The lowest BCUT2D eigenvalue weighted by Crippen LogP contribution is -2.68. The Hall–Kier alpha value is -1.99. The van der Waals surface area contributed by atoms with Crippen molar-refractivity contribution < 1.29 is 24.5 Å². The van der Waals surface area contributed by atoms with Gasteiger partial charge in [0.15, 0.2) is 11.5 Å². The van der Waals surface area contributed by atoms with Gasteiger partial charge >= 0.3 is 5.97 Å². The summed E-state index contributed by atoms with van der Waals surface area (Å²) in [5.74, 6) is 1.04. The number of likely N-dealkylation sites (tertiary alicyclic amines) is 1. The Bertz CT molecular complexity index is 812. The molecular weight excluding hydrogens is 348 g/mol. The van der Waals surface area contributed by atoms with Gasteiger partial charge in [-0.2, -0.15) is 0 Å². The van der Waals surface area contributed by atoms with E-state index in [1.54, 1.807) is 13.2 Å². The first-order valence-electron chi connectivity index (χ1n) is 9.72. The zero-order chi connectivity index (χ0) is 18.9. The number of rotatable bonds is 4. The molecule has 2 aliphatic heterocycles. The molecule has 1 saturated carbocycles. The highest BCUT2D eigenvalue weighted by Gasteiger charge is 2.65. The molecule has 1 spiro atoms. The summed E-state index contributed by atoms with van der Waals surface area (Å²) in [5.41, 5.74) is 2.10. The topological polar surface area (TPSA) is 91.3 Å². The van der Waals surface area contributed by atoms with Crippen molar-refractivity contribution in [1.82, 2.24) is 10.2 Å². The molecule has 4 aliphatic rings. The maximum absolute atomic E-state index is 11.1. The van der Waals surface area contributed by atoms with Crippen LogP contribution in [-0.4, -0.2) is 66.5 Å². The van der Waals surface area contributed by atoms with Gasteiger partial charge in [-0.15, -0.1) is 0 Å². The molecule has 2 bridgehead atoms. The minimum absolute atomic E-state index is 0.0369. The number of carboxylic acids is 1. The van der Waals surface area contributed by atoms with E-state index in [1.165, 1.54) is 0 Å². The Morgan fingerprint density at radius 2 is 2.30 bits per heavy atom. The number of carboxylic acid groups (broad SMARTS) is 1. The van der Waals surface area contributed by atoms with Crippen LogP contribution in [0.4, 0.5) is 0 Å². The van der Waals surface area contributed by atoms with E-state index in [4.69, 9.17) is 14.6 Å². The minimum Gasteiger partial charge on any atom is -0.504 e. The molecule has 146 valence electrons. The van der Waals surface area contributed by atoms with Crippen molar-refractivity contribution in [2.45, 2.75) is 49.3 Å². The van der Waals surface area contributed by atoms with Crippen LogP contribution in [0.15, 0.2) is 6.07 Å². The molecule has 0 radical (unpaired) electrons. The summed E-state index contributed by atoms with van der Waals surface area (Å²) in [4.78, 5) is 13.6. The van der Waals surface area contributed by atoms with Gasteiger partial charge in [0.05, 0.1) is 13.7 Å². The van der Waals surface area contributed by atoms with Crippen LogP contribution >= 0.6 is 0 Å². The lowest BCUT2D eigenvalue weighted by molar-refractivity contribution is -0.136. The van der Waals surface area contributed by atoms with Crippen molar-refractivity contribution in [1.29, 1.82) is 0 Å². The van der Waals surface area contributed by atoms with E-state index in [0.29, 0.717) is 17.7 Å². The first kappa shape index (κ1) is 17.1. The maximum Gasteiger partial charge on any atom is 0.317 e. The van der Waals surface area contributed by atoms with Crippen LogP contribution in [0, 0.1) is 5.92 Å². The Morgan fingerprint density at radius 1 is 1.48 bits per heavy atom. The van der Waals surface area contributed by atoms with Gasteiger partial charge in [0.1, 0.15) is 11.9 Å². The number of methoxy groups -OCH3 is 1. The molecule has 1 aromatic carbocycles. The van der Waals surface area contributed by atoms with Crippen LogP contribution in [0.2, 0.25) is 0 Å². The van der Waals surface area contributed by atoms with Crippen molar-refractivity contribution in [3.8, 4) is 17.2 Å². The van der Waals surface area contributed by atoms with Gasteiger partial charge in [0.25, 0.3) is 0 Å². The molecule has 5 rings (SSSR count). The minimum atomic E-state index is -0.861. The highest BCUT2D eigenvalue weighted by Crippen LogP contribution is 2.65. The second-order valence-electron chi connectivity index (χ2n) is 8.43. The van der Waals surface area contributed by atoms with Gasteiger partial charge < -0.3 is 29.9 Å². The van der Waals surface area contributed by atoms with Crippen molar-refractivity contribution in [3.05, 3.63) is 17.2 Å². The van der Waals surface area contributed by atoms with Crippen LogP contribution in [0.5, 0.6) is 17.2 Å². The SMILES string of the molecule is COc1cc(O)c2c3c1C[C@@H]1[C@@H]4CC[C@@H](NCC(=O)O)[C@H](O2)[C@]34CCN1C. The number of likely N-dealkylation sites (N-methyl/N-ethyl adjacent to an activating group) is 1. The quantitative estimate of drug-likeness (QED) is 0.727. The third kappa shape index (κ3) is 2.12. The van der Waals surface area contributed by atoms with Gasteiger partial charge in [0, 0.05) is 34.7 Å². The molecule has 5 atom stereocenters. The summed E-state index contributed by atoms with van der Waals surface area (Å²) in [6.45, 7) is 0.899. The molecule has 0 amide bonds. The summed E-state index contributed by atoms with van der Waals surface area (Å²) in [6.07, 6.45) is 3.61. The number of aromatic hydroxyl groups is 1.